The molecular formula is C36H28O8. The van der Waals surface area contributed by atoms with E-state index in [9.17, 15) is 14.4 Å². The van der Waals surface area contributed by atoms with Crippen LogP contribution in [-0.4, -0.2) is 49.1 Å². The summed E-state index contributed by atoms with van der Waals surface area (Å²) in [5.41, 5.74) is 0.932. The first-order valence-corrected chi connectivity index (χ1v) is 14.1. The van der Waals surface area contributed by atoms with Gasteiger partial charge in [-0.1, -0.05) is 91.0 Å². The lowest BCUT2D eigenvalue weighted by Crippen LogP contribution is -2.43. The summed E-state index contributed by atoms with van der Waals surface area (Å²) in [5.74, 6) is -1.43. The van der Waals surface area contributed by atoms with Crippen LogP contribution in [0.15, 0.2) is 133 Å². The summed E-state index contributed by atoms with van der Waals surface area (Å²) in [5, 5.41) is 1.74. The van der Waals surface area contributed by atoms with Gasteiger partial charge in [-0.15, -0.1) is 0 Å². The first-order chi connectivity index (χ1) is 21.6. The Hall–Kier alpha value is -5.47. The normalized spacial score (nSPS) is 19.2. The molecule has 1 aliphatic rings. The Labute approximate surface area is 253 Å². The number of hydrogen-bond donors (Lipinski definition) is 0. The highest BCUT2D eigenvalue weighted by molar-refractivity contribution is 5.91. The lowest BCUT2D eigenvalue weighted by atomic mass is 10.1. The quantitative estimate of drug-likeness (QED) is 0.147. The number of carbonyl (C=O) groups excluding carboxylic acids is 3. The van der Waals surface area contributed by atoms with Crippen molar-refractivity contribution in [2.75, 3.05) is 6.61 Å². The first kappa shape index (κ1) is 28.6. The third-order valence-electron chi connectivity index (χ3n) is 7.15. The fourth-order valence-corrected chi connectivity index (χ4v) is 4.96. The molecule has 0 unspecified atom stereocenters. The van der Waals surface area contributed by atoms with E-state index in [4.69, 9.17) is 23.7 Å². The molecule has 1 saturated heterocycles. The lowest BCUT2D eigenvalue weighted by molar-refractivity contribution is -0.119. The predicted molar refractivity (Wildman–Crippen MR) is 161 cm³/mol. The zero-order valence-electron chi connectivity index (χ0n) is 23.5. The van der Waals surface area contributed by atoms with Crippen molar-refractivity contribution in [2.24, 2.45) is 0 Å². The van der Waals surface area contributed by atoms with E-state index in [1.54, 1.807) is 97.1 Å². The molecule has 1 heterocycles. The molecule has 44 heavy (non-hydrogen) atoms. The maximum absolute atomic E-state index is 13.3. The molecule has 1 fully saturated rings. The van der Waals surface area contributed by atoms with Gasteiger partial charge in [0, 0.05) is 5.39 Å². The Morgan fingerprint density at radius 3 is 1.66 bits per heavy atom. The Morgan fingerprint density at radius 1 is 0.545 bits per heavy atom. The molecule has 0 amide bonds. The molecule has 0 radical (unpaired) electrons. The topological polar surface area (TPSA) is 97.4 Å². The van der Waals surface area contributed by atoms with Gasteiger partial charge in [0.1, 0.15) is 18.5 Å². The smallest absolute Gasteiger partial charge is 0.338 e. The number of benzene rings is 5. The minimum absolute atomic E-state index is 0.291. The van der Waals surface area contributed by atoms with Crippen LogP contribution in [0.2, 0.25) is 0 Å². The molecule has 1 aliphatic heterocycles. The van der Waals surface area contributed by atoms with Crippen LogP contribution in [0.4, 0.5) is 0 Å². The molecule has 8 heteroatoms. The molecule has 8 nitrogen and oxygen atoms in total. The molecule has 0 saturated carbocycles. The van der Waals surface area contributed by atoms with Crippen LogP contribution in [0.3, 0.4) is 0 Å². The van der Waals surface area contributed by atoms with Crippen LogP contribution in [-0.2, 0) is 18.9 Å². The molecular weight excluding hydrogens is 560 g/mol. The molecule has 4 atom stereocenters. The molecule has 5 aromatic carbocycles. The fraction of sp³-hybridized carbons (Fsp3) is 0.139. The van der Waals surface area contributed by atoms with Crippen LogP contribution >= 0.6 is 0 Å². The minimum Gasteiger partial charge on any atom is -0.460 e. The van der Waals surface area contributed by atoms with E-state index in [2.05, 4.69) is 0 Å². The Morgan fingerprint density at radius 2 is 1.05 bits per heavy atom. The highest BCUT2D eigenvalue weighted by Gasteiger charge is 2.52. The molecule has 0 aromatic heterocycles. The van der Waals surface area contributed by atoms with Crippen LogP contribution in [0.1, 0.15) is 31.1 Å². The van der Waals surface area contributed by atoms with Gasteiger partial charge in [0.15, 0.2) is 6.10 Å². The standard InChI is InChI=1S/C36H28O8/c37-33(25-14-4-1-5-15-25)40-23-30-31(43-34(38)26-16-6-2-7-17-26)32(44-35(39)27-18-8-3-9-19-27)36(42-30)41-29-22-12-20-24-13-10-11-21-28(24)29/h1-22,30-32,36H,23H2/t30-,31-,32-,36-/m1/s1. The summed E-state index contributed by atoms with van der Waals surface area (Å²) in [6.45, 7) is -0.296. The highest BCUT2D eigenvalue weighted by atomic mass is 16.7. The van der Waals surface area contributed by atoms with Crippen molar-refractivity contribution in [1.82, 2.24) is 0 Å². The molecule has 5 aromatic rings. The van der Waals surface area contributed by atoms with Crippen molar-refractivity contribution in [3.63, 3.8) is 0 Å². The Balaban J connectivity index is 1.33. The monoisotopic (exact) mass is 588 g/mol. The summed E-state index contributed by atoms with van der Waals surface area (Å²) in [6, 6.07) is 38.5. The SMILES string of the molecule is O=C(OC[C@H]1O[C@@H](Oc2cccc3ccccc23)[C@H](OC(=O)c2ccccc2)[C@@H]1OC(=O)c1ccccc1)c1ccccc1. The summed E-state index contributed by atoms with van der Waals surface area (Å²) in [4.78, 5) is 39.4. The van der Waals surface area contributed by atoms with E-state index in [0.29, 0.717) is 22.4 Å². The summed E-state index contributed by atoms with van der Waals surface area (Å²) in [7, 11) is 0. The van der Waals surface area contributed by atoms with Crippen LogP contribution in [0, 0.1) is 0 Å². The van der Waals surface area contributed by atoms with Crippen molar-refractivity contribution >= 4 is 28.7 Å². The Bertz CT molecular complexity index is 1730. The third kappa shape index (κ3) is 6.45. The summed E-state index contributed by atoms with van der Waals surface area (Å²) in [6.07, 6.45) is -4.62. The molecule has 0 bridgehead atoms. The van der Waals surface area contributed by atoms with Gasteiger partial charge >= 0.3 is 17.9 Å². The van der Waals surface area contributed by atoms with Gasteiger partial charge < -0.3 is 23.7 Å². The fourth-order valence-electron chi connectivity index (χ4n) is 4.96. The van der Waals surface area contributed by atoms with Crippen molar-refractivity contribution < 1.29 is 38.1 Å². The van der Waals surface area contributed by atoms with Gasteiger partial charge in [-0.25, -0.2) is 14.4 Å². The van der Waals surface area contributed by atoms with Crippen LogP contribution in [0.25, 0.3) is 10.8 Å². The van der Waals surface area contributed by atoms with Gasteiger partial charge in [0.2, 0.25) is 12.4 Å². The highest BCUT2D eigenvalue weighted by Crippen LogP contribution is 2.34. The van der Waals surface area contributed by atoms with E-state index in [0.717, 1.165) is 10.8 Å². The van der Waals surface area contributed by atoms with E-state index in [1.165, 1.54) is 0 Å². The second-order valence-electron chi connectivity index (χ2n) is 10.1. The minimum atomic E-state index is -1.21. The van der Waals surface area contributed by atoms with Crippen molar-refractivity contribution in [3.05, 3.63) is 150 Å². The second kappa shape index (κ2) is 13.2. The third-order valence-corrected chi connectivity index (χ3v) is 7.15. The maximum atomic E-state index is 13.3. The zero-order chi connectivity index (χ0) is 30.3. The average molecular weight is 589 g/mol. The summed E-state index contributed by atoms with van der Waals surface area (Å²) < 4.78 is 30.1. The van der Waals surface area contributed by atoms with Crippen LogP contribution in [0.5, 0.6) is 5.75 Å². The molecule has 6 rings (SSSR count). The molecule has 0 spiro atoms. The summed E-state index contributed by atoms with van der Waals surface area (Å²) >= 11 is 0. The molecule has 0 aliphatic carbocycles. The van der Waals surface area contributed by atoms with E-state index in [1.807, 2.05) is 36.4 Å². The van der Waals surface area contributed by atoms with Crippen molar-refractivity contribution in [1.29, 1.82) is 0 Å². The van der Waals surface area contributed by atoms with E-state index < -0.39 is 42.5 Å². The van der Waals surface area contributed by atoms with E-state index in [-0.39, 0.29) is 6.61 Å². The Kier molecular flexibility index (Phi) is 8.61. The first-order valence-electron chi connectivity index (χ1n) is 14.1. The van der Waals surface area contributed by atoms with Crippen molar-refractivity contribution in [2.45, 2.75) is 24.6 Å². The number of fused-ring (bicyclic) bond motifs is 1. The molecule has 220 valence electrons. The van der Waals surface area contributed by atoms with E-state index >= 15 is 0 Å². The van der Waals surface area contributed by atoms with Gasteiger partial charge in [-0.05, 0) is 47.9 Å². The second-order valence-corrected chi connectivity index (χ2v) is 10.1. The van der Waals surface area contributed by atoms with Crippen molar-refractivity contribution in [3.8, 4) is 5.75 Å². The number of hydrogen-bond acceptors (Lipinski definition) is 8. The molecule has 0 N–H and O–H groups in total. The number of rotatable bonds is 9. The average Bonchev–Trinajstić information content (AvgIpc) is 3.39. The number of ether oxygens (including phenoxy) is 5. The van der Waals surface area contributed by atoms with Gasteiger partial charge in [-0.2, -0.15) is 0 Å². The van der Waals surface area contributed by atoms with Gasteiger partial charge in [-0.3, -0.25) is 0 Å². The van der Waals surface area contributed by atoms with Gasteiger partial charge in [0.05, 0.1) is 16.7 Å². The largest absolute Gasteiger partial charge is 0.460 e. The predicted octanol–water partition coefficient (Wildman–Crippen LogP) is 6.25. The zero-order valence-corrected chi connectivity index (χ0v) is 23.5. The van der Waals surface area contributed by atoms with Gasteiger partial charge in [0.25, 0.3) is 0 Å². The maximum Gasteiger partial charge on any atom is 0.338 e. The lowest BCUT2D eigenvalue weighted by Gasteiger charge is -2.24. The van der Waals surface area contributed by atoms with Crippen LogP contribution < -0.4 is 4.74 Å². The number of carbonyl (C=O) groups is 3. The number of esters is 3.